The van der Waals surface area contributed by atoms with Crippen LogP contribution >= 0.6 is 11.6 Å². The Morgan fingerprint density at radius 3 is 2.12 bits per heavy atom. The Labute approximate surface area is 150 Å². The molecular formula is C19H20ClNO2S. The normalized spacial score (nSPS) is 15.7. The summed E-state index contributed by atoms with van der Waals surface area (Å²) in [6.45, 7) is 0. The van der Waals surface area contributed by atoms with Gasteiger partial charge in [0.15, 0.2) is 11.1 Å². The molecule has 0 saturated carbocycles. The van der Waals surface area contributed by atoms with Crippen LogP contribution in [0.3, 0.4) is 0 Å². The molecule has 3 rings (SSSR count). The van der Waals surface area contributed by atoms with Gasteiger partial charge < -0.3 is 9.45 Å². The first-order valence-electron chi connectivity index (χ1n) is 7.88. The van der Waals surface area contributed by atoms with Crippen molar-refractivity contribution < 1.29 is 8.76 Å². The molecule has 3 nitrogen and oxygen atoms in total. The summed E-state index contributed by atoms with van der Waals surface area (Å²) >= 11 is 4.49. The molecule has 0 amide bonds. The molecule has 0 spiro atoms. The fraction of sp³-hybridized carbons (Fsp3) is 0.263. The fourth-order valence-corrected chi connectivity index (χ4v) is 3.93. The van der Waals surface area contributed by atoms with Crippen molar-refractivity contribution in [3.8, 4) is 0 Å². The molecule has 126 valence electrons. The van der Waals surface area contributed by atoms with E-state index in [0.29, 0.717) is 4.90 Å². The molecule has 1 unspecified atom stereocenters. The highest BCUT2D eigenvalue weighted by Gasteiger charge is 2.19. The van der Waals surface area contributed by atoms with E-state index in [1.54, 1.807) is 12.1 Å². The van der Waals surface area contributed by atoms with Gasteiger partial charge in [0.05, 0.1) is 15.6 Å². The third-order valence-corrected chi connectivity index (χ3v) is 5.38. The van der Waals surface area contributed by atoms with Gasteiger partial charge in [0.25, 0.3) is 0 Å². The number of allylic oxidation sites excluding steroid dienone is 2. The zero-order valence-corrected chi connectivity index (χ0v) is 15.3. The van der Waals surface area contributed by atoms with Crippen LogP contribution in [0.15, 0.2) is 47.4 Å². The molecule has 0 heterocycles. The average molecular weight is 362 g/mol. The first kappa shape index (κ1) is 17.2. The van der Waals surface area contributed by atoms with Crippen molar-refractivity contribution in [2.45, 2.75) is 24.2 Å². The van der Waals surface area contributed by atoms with Crippen LogP contribution in [0.5, 0.6) is 0 Å². The van der Waals surface area contributed by atoms with Crippen molar-refractivity contribution in [2.24, 2.45) is 0 Å². The van der Waals surface area contributed by atoms with Crippen LogP contribution in [0.1, 0.15) is 30.4 Å². The topological polar surface area (TPSA) is 40.5 Å². The van der Waals surface area contributed by atoms with Gasteiger partial charge >= 0.3 is 0 Å². The van der Waals surface area contributed by atoms with Crippen LogP contribution in [-0.2, 0) is 11.1 Å². The summed E-state index contributed by atoms with van der Waals surface area (Å²) < 4.78 is 20.3. The summed E-state index contributed by atoms with van der Waals surface area (Å²) in [7, 11) is 3.96. The van der Waals surface area contributed by atoms with Crippen LogP contribution in [-0.4, -0.2) is 22.9 Å². The van der Waals surface area contributed by atoms with Gasteiger partial charge in [-0.1, -0.05) is 29.8 Å². The Bertz CT molecular complexity index is 813. The van der Waals surface area contributed by atoms with Crippen molar-refractivity contribution >= 4 is 39.5 Å². The Morgan fingerprint density at radius 1 is 1.00 bits per heavy atom. The molecule has 5 heteroatoms. The predicted molar refractivity (Wildman–Crippen MR) is 102 cm³/mol. The molecule has 2 aromatic rings. The zero-order valence-electron chi connectivity index (χ0n) is 13.8. The minimum absolute atomic E-state index is 0.428. The lowest BCUT2D eigenvalue weighted by molar-refractivity contribution is 0.564. The molecule has 1 atom stereocenters. The van der Waals surface area contributed by atoms with Crippen molar-refractivity contribution in [2.75, 3.05) is 19.0 Å². The summed E-state index contributed by atoms with van der Waals surface area (Å²) in [5.74, 6) is 0. The molecule has 0 bridgehead atoms. The largest absolute Gasteiger partial charge is 0.376 e. The maximum atomic E-state index is 11.1. The van der Waals surface area contributed by atoms with Gasteiger partial charge in [-0.05, 0) is 65.8 Å². The van der Waals surface area contributed by atoms with Gasteiger partial charge in [0.1, 0.15) is 0 Å². The molecule has 1 aliphatic carbocycles. The quantitative estimate of drug-likeness (QED) is 0.772. The van der Waals surface area contributed by atoms with Crippen LogP contribution in [0.25, 0.3) is 11.1 Å². The molecule has 0 saturated heterocycles. The molecule has 1 aliphatic rings. The molecule has 0 radical (unpaired) electrons. The second-order valence-electron chi connectivity index (χ2n) is 6.14. The second kappa shape index (κ2) is 7.09. The minimum Gasteiger partial charge on any atom is -0.376 e. The van der Waals surface area contributed by atoms with Gasteiger partial charge in [-0.15, -0.1) is 0 Å². The van der Waals surface area contributed by atoms with E-state index in [1.807, 2.05) is 37.2 Å². The Kier molecular flexibility index (Phi) is 5.09. The Morgan fingerprint density at radius 2 is 1.58 bits per heavy atom. The summed E-state index contributed by atoms with van der Waals surface area (Å²) in [6.07, 6.45) is 3.16. The number of benzene rings is 2. The number of hydrogen-bond acceptors (Lipinski definition) is 2. The van der Waals surface area contributed by atoms with Crippen molar-refractivity contribution in [1.29, 1.82) is 0 Å². The molecule has 1 N–H and O–H groups in total. The highest BCUT2D eigenvalue weighted by atomic mass is 35.5. The molecular weight excluding hydrogens is 342 g/mol. The van der Waals surface area contributed by atoms with Gasteiger partial charge in [-0.25, -0.2) is 4.21 Å². The van der Waals surface area contributed by atoms with Crippen molar-refractivity contribution in [3.63, 3.8) is 0 Å². The lowest BCUT2D eigenvalue weighted by Gasteiger charge is -2.16. The first-order valence-corrected chi connectivity index (χ1v) is 9.36. The van der Waals surface area contributed by atoms with Gasteiger partial charge in [-0.2, -0.15) is 0 Å². The molecule has 2 aromatic carbocycles. The van der Waals surface area contributed by atoms with Crippen LogP contribution < -0.4 is 4.90 Å². The number of anilines is 1. The van der Waals surface area contributed by atoms with Crippen LogP contribution in [0.4, 0.5) is 5.69 Å². The van der Waals surface area contributed by atoms with E-state index in [0.717, 1.165) is 41.1 Å². The lowest BCUT2D eigenvalue weighted by atomic mass is 9.97. The standard InChI is InChI=1S/C19H20ClNO2S/c1-21(2)19-11-8-14(12-18(19)20)17-5-3-4-16(17)13-6-9-15(10-7-13)24(22)23/h6-12H,3-5H2,1-2H3,(H,22,23). The SMILES string of the molecule is CN(C)c1ccc(C2=C(c3ccc(S(=O)O)cc3)CCC2)cc1Cl. The van der Waals surface area contributed by atoms with E-state index >= 15 is 0 Å². The van der Waals surface area contributed by atoms with Crippen molar-refractivity contribution in [3.05, 3.63) is 58.6 Å². The van der Waals surface area contributed by atoms with E-state index in [1.165, 1.54) is 11.1 Å². The maximum Gasteiger partial charge on any atom is 0.186 e. The predicted octanol–water partition coefficient (Wildman–Crippen LogP) is 5.08. The van der Waals surface area contributed by atoms with E-state index in [4.69, 9.17) is 16.2 Å². The summed E-state index contributed by atoms with van der Waals surface area (Å²) in [4.78, 5) is 2.43. The number of rotatable bonds is 4. The van der Waals surface area contributed by atoms with E-state index in [-0.39, 0.29) is 0 Å². The number of hydrogen-bond donors (Lipinski definition) is 1. The molecule has 24 heavy (non-hydrogen) atoms. The molecule has 0 aliphatic heterocycles. The van der Waals surface area contributed by atoms with Gasteiger partial charge in [0, 0.05) is 14.1 Å². The van der Waals surface area contributed by atoms with E-state index in [2.05, 4.69) is 12.1 Å². The summed E-state index contributed by atoms with van der Waals surface area (Å²) in [6, 6.07) is 13.5. The highest BCUT2D eigenvalue weighted by Crippen LogP contribution is 2.41. The lowest BCUT2D eigenvalue weighted by Crippen LogP contribution is -2.09. The maximum absolute atomic E-state index is 11.1. The third-order valence-electron chi connectivity index (χ3n) is 4.40. The molecule has 0 aromatic heterocycles. The minimum atomic E-state index is -1.93. The number of halogens is 1. The summed E-state index contributed by atoms with van der Waals surface area (Å²) in [5.41, 5.74) is 5.91. The fourth-order valence-electron chi connectivity index (χ4n) is 3.21. The summed E-state index contributed by atoms with van der Waals surface area (Å²) in [5, 5.41) is 0.752. The van der Waals surface area contributed by atoms with Gasteiger partial charge in [-0.3, -0.25) is 0 Å². The Hall–Kier alpha value is -1.62. The van der Waals surface area contributed by atoms with Crippen LogP contribution in [0, 0.1) is 0 Å². The highest BCUT2D eigenvalue weighted by molar-refractivity contribution is 7.79. The Balaban J connectivity index is 2.00. The van der Waals surface area contributed by atoms with Crippen LogP contribution in [0.2, 0.25) is 5.02 Å². The second-order valence-corrected chi connectivity index (χ2v) is 7.52. The third kappa shape index (κ3) is 3.41. The van der Waals surface area contributed by atoms with E-state index in [9.17, 15) is 4.21 Å². The smallest absolute Gasteiger partial charge is 0.186 e. The zero-order chi connectivity index (χ0) is 17.3. The average Bonchev–Trinajstić information content (AvgIpc) is 3.04. The monoisotopic (exact) mass is 361 g/mol. The van der Waals surface area contributed by atoms with E-state index < -0.39 is 11.1 Å². The number of nitrogens with zero attached hydrogens (tertiary/aromatic N) is 1. The molecule has 0 fully saturated rings. The van der Waals surface area contributed by atoms with Crippen molar-refractivity contribution in [1.82, 2.24) is 0 Å². The first-order chi connectivity index (χ1) is 11.5. The van der Waals surface area contributed by atoms with Gasteiger partial charge in [0.2, 0.25) is 0 Å².